The molecule has 0 radical (unpaired) electrons. The molecule has 0 aliphatic carbocycles. The van der Waals surface area contributed by atoms with Crippen LogP contribution in [0.25, 0.3) is 0 Å². The number of phenols is 1. The molecular formula is C33H48N5O7+. The summed E-state index contributed by atoms with van der Waals surface area (Å²) in [4.78, 5) is 65.1. The minimum atomic E-state index is -1.19. The van der Waals surface area contributed by atoms with Crippen LogP contribution in [0, 0.1) is 17.8 Å². The smallest absolute Gasteiger partial charge is 0.326 e. The molecule has 0 aliphatic rings. The molecule has 0 saturated heterocycles. The first-order valence-corrected chi connectivity index (χ1v) is 15.2. The lowest BCUT2D eigenvalue weighted by Crippen LogP contribution is -2.70. The molecule has 2 aromatic carbocycles. The maximum Gasteiger partial charge on any atom is 0.326 e. The van der Waals surface area contributed by atoms with Gasteiger partial charge in [0.05, 0.1) is 0 Å². The molecule has 9 N–H and O–H groups in total. The highest BCUT2D eigenvalue weighted by atomic mass is 16.4. The van der Waals surface area contributed by atoms with Gasteiger partial charge in [-0.1, -0.05) is 84.0 Å². The van der Waals surface area contributed by atoms with Gasteiger partial charge < -0.3 is 37.2 Å². The van der Waals surface area contributed by atoms with Crippen LogP contribution in [0.15, 0.2) is 54.6 Å². The zero-order valence-electron chi connectivity index (χ0n) is 26.9. The molecule has 12 heteroatoms. The van der Waals surface area contributed by atoms with Gasteiger partial charge in [-0.3, -0.25) is 19.2 Å². The third-order valence-electron chi connectivity index (χ3n) is 7.43. The van der Waals surface area contributed by atoms with Crippen LogP contribution in [0.4, 0.5) is 0 Å². The molecule has 0 unspecified atom stereocenters. The number of amides is 4. The van der Waals surface area contributed by atoms with Crippen molar-refractivity contribution in [3.8, 4) is 5.75 Å². The van der Waals surface area contributed by atoms with Crippen molar-refractivity contribution in [3.05, 3.63) is 65.7 Å². The van der Waals surface area contributed by atoms with E-state index in [9.17, 15) is 34.2 Å². The topological polar surface area (TPSA) is 202 Å². The van der Waals surface area contributed by atoms with Crippen molar-refractivity contribution in [1.29, 1.82) is 0 Å². The van der Waals surface area contributed by atoms with Crippen LogP contribution >= 0.6 is 0 Å². The fraction of sp³-hybridized carbons (Fsp3) is 0.485. The predicted octanol–water partition coefficient (Wildman–Crippen LogP) is 0.780. The van der Waals surface area contributed by atoms with Gasteiger partial charge in [-0.05, 0) is 41.0 Å². The second kappa shape index (κ2) is 17.1. The summed E-state index contributed by atoms with van der Waals surface area (Å²) in [6.45, 7) is 10.3. The van der Waals surface area contributed by atoms with E-state index in [1.165, 1.54) is 12.1 Å². The highest BCUT2D eigenvalue weighted by molar-refractivity contribution is 5.95. The Balaban J connectivity index is 2.19. The average molecular weight is 627 g/mol. The Morgan fingerprint density at radius 2 is 1.04 bits per heavy atom. The molecule has 0 aromatic heterocycles. The number of hydrogen-bond acceptors (Lipinski definition) is 6. The number of rotatable bonds is 16. The SMILES string of the molecule is CC(C)[C@H](NC(=O)[C@H](Cc1ccccc1)NC(=O)[C@@H](NC(=O)[C@@H](NC(=O)[C@@H]([NH3+])Cc1ccc(O)cc1)C(C)C)C(C)C)C(=O)O. The highest BCUT2D eigenvalue weighted by Crippen LogP contribution is 2.12. The number of nitrogens with one attached hydrogen (secondary N) is 4. The van der Waals surface area contributed by atoms with Gasteiger partial charge >= 0.3 is 5.97 Å². The number of carbonyl (C=O) groups is 5. The van der Waals surface area contributed by atoms with E-state index in [-0.39, 0.29) is 18.1 Å². The number of phenolic OH excluding ortho intramolecular Hbond substituents is 1. The molecule has 0 heterocycles. The maximum absolute atomic E-state index is 13.6. The first kappa shape index (κ1) is 36.7. The molecule has 45 heavy (non-hydrogen) atoms. The third kappa shape index (κ3) is 11.5. The molecular weight excluding hydrogens is 578 g/mol. The first-order chi connectivity index (χ1) is 21.1. The Bertz CT molecular complexity index is 1300. The summed E-state index contributed by atoms with van der Waals surface area (Å²) in [5, 5.41) is 29.8. The normalized spacial score (nSPS) is 14.6. The maximum atomic E-state index is 13.6. The van der Waals surface area contributed by atoms with Gasteiger partial charge in [0.2, 0.25) is 17.7 Å². The molecule has 0 spiro atoms. The molecule has 4 amide bonds. The first-order valence-electron chi connectivity index (χ1n) is 15.2. The highest BCUT2D eigenvalue weighted by Gasteiger charge is 2.34. The van der Waals surface area contributed by atoms with E-state index < -0.39 is 71.6 Å². The van der Waals surface area contributed by atoms with E-state index in [0.717, 1.165) is 11.1 Å². The lowest BCUT2D eigenvalue weighted by atomic mass is 9.98. The molecule has 0 bridgehead atoms. The standard InChI is InChI=1S/C33H47N5O7/c1-18(2)26(37-32(43)27(19(3)4)36-29(40)24(34)16-22-12-14-23(39)15-13-22)31(42)35-25(17-21-10-8-7-9-11-21)30(41)38-28(20(5)6)33(44)45/h7-15,18-20,24-28,39H,16-17,34H2,1-6H3,(H,35,42)(H,36,40)(H,37,43)(H,38,41)(H,44,45)/p+1/t24-,25-,26-,27-,28-/m0/s1. The summed E-state index contributed by atoms with van der Waals surface area (Å²) in [6, 6.07) is 10.4. The lowest BCUT2D eigenvalue weighted by molar-refractivity contribution is -0.403. The largest absolute Gasteiger partial charge is 0.508 e. The third-order valence-corrected chi connectivity index (χ3v) is 7.43. The van der Waals surface area contributed by atoms with E-state index in [4.69, 9.17) is 0 Å². The molecule has 0 aliphatic heterocycles. The molecule has 0 saturated carbocycles. The quantitative estimate of drug-likeness (QED) is 0.143. The van der Waals surface area contributed by atoms with Gasteiger partial charge in [-0.2, -0.15) is 0 Å². The van der Waals surface area contributed by atoms with Crippen LogP contribution in [0.1, 0.15) is 52.7 Å². The average Bonchev–Trinajstić information content (AvgIpc) is 2.97. The summed E-state index contributed by atoms with van der Waals surface area (Å²) >= 11 is 0. The number of hydrogen-bond donors (Lipinski definition) is 7. The van der Waals surface area contributed by atoms with Crippen molar-refractivity contribution < 1.29 is 39.9 Å². The minimum absolute atomic E-state index is 0.0954. The molecule has 5 atom stereocenters. The molecule has 12 nitrogen and oxygen atoms in total. The van der Waals surface area contributed by atoms with Crippen LogP contribution in [0.3, 0.4) is 0 Å². The van der Waals surface area contributed by atoms with Gasteiger partial charge in [0.15, 0.2) is 6.04 Å². The van der Waals surface area contributed by atoms with E-state index in [1.54, 1.807) is 77.9 Å². The number of benzene rings is 2. The number of quaternary nitrogens is 1. The number of aliphatic carboxylic acids is 1. The number of carboxylic acid groups (broad SMARTS) is 1. The Morgan fingerprint density at radius 1 is 0.600 bits per heavy atom. The summed E-state index contributed by atoms with van der Waals surface area (Å²) in [5.74, 6) is -4.50. The Morgan fingerprint density at radius 3 is 1.53 bits per heavy atom. The molecule has 2 aromatic rings. The predicted molar refractivity (Wildman–Crippen MR) is 169 cm³/mol. The molecule has 246 valence electrons. The van der Waals surface area contributed by atoms with E-state index in [1.807, 2.05) is 6.07 Å². The van der Waals surface area contributed by atoms with Crippen LogP contribution < -0.4 is 27.0 Å². The van der Waals surface area contributed by atoms with Crippen molar-refractivity contribution in [1.82, 2.24) is 21.3 Å². The van der Waals surface area contributed by atoms with Crippen LogP contribution in [0.5, 0.6) is 5.75 Å². The Kier molecular flexibility index (Phi) is 14.0. The number of carboxylic acids is 1. The van der Waals surface area contributed by atoms with Gasteiger partial charge in [0, 0.05) is 12.8 Å². The van der Waals surface area contributed by atoms with E-state index in [0.29, 0.717) is 6.42 Å². The van der Waals surface area contributed by atoms with Crippen molar-refractivity contribution in [2.75, 3.05) is 0 Å². The zero-order valence-corrected chi connectivity index (χ0v) is 26.9. The second-order valence-electron chi connectivity index (χ2n) is 12.3. The second-order valence-corrected chi connectivity index (χ2v) is 12.3. The zero-order chi connectivity index (χ0) is 33.8. The van der Waals surface area contributed by atoms with Gasteiger partial charge in [0.25, 0.3) is 5.91 Å². The number of carbonyl (C=O) groups excluding carboxylic acids is 4. The fourth-order valence-corrected chi connectivity index (χ4v) is 4.68. The van der Waals surface area contributed by atoms with Crippen molar-refractivity contribution in [3.63, 3.8) is 0 Å². The minimum Gasteiger partial charge on any atom is -0.508 e. The lowest BCUT2D eigenvalue weighted by Gasteiger charge is -2.29. The van der Waals surface area contributed by atoms with Gasteiger partial charge in [-0.15, -0.1) is 0 Å². The molecule has 2 rings (SSSR count). The van der Waals surface area contributed by atoms with Crippen molar-refractivity contribution in [2.45, 2.75) is 84.6 Å². The van der Waals surface area contributed by atoms with Crippen LogP contribution in [0.2, 0.25) is 0 Å². The monoisotopic (exact) mass is 626 g/mol. The van der Waals surface area contributed by atoms with Crippen LogP contribution in [-0.4, -0.2) is 70.0 Å². The van der Waals surface area contributed by atoms with Gasteiger partial charge in [0.1, 0.15) is 29.9 Å². The number of aromatic hydroxyl groups is 1. The Labute approximate surface area is 264 Å². The summed E-state index contributed by atoms with van der Waals surface area (Å²) < 4.78 is 0. The van der Waals surface area contributed by atoms with Gasteiger partial charge in [-0.25, -0.2) is 4.79 Å². The van der Waals surface area contributed by atoms with Crippen LogP contribution in [-0.2, 0) is 36.8 Å². The Hall–Kier alpha value is -4.45. The summed E-state index contributed by atoms with van der Waals surface area (Å²) in [7, 11) is 0. The summed E-state index contributed by atoms with van der Waals surface area (Å²) in [5.41, 5.74) is 5.47. The van der Waals surface area contributed by atoms with E-state index in [2.05, 4.69) is 27.0 Å². The fourth-order valence-electron chi connectivity index (χ4n) is 4.68. The van der Waals surface area contributed by atoms with E-state index >= 15 is 0 Å². The van der Waals surface area contributed by atoms with Crippen molar-refractivity contribution >= 4 is 29.6 Å². The molecule has 0 fully saturated rings. The van der Waals surface area contributed by atoms with Crippen molar-refractivity contribution in [2.24, 2.45) is 17.8 Å². The summed E-state index contributed by atoms with van der Waals surface area (Å²) in [6.07, 6.45) is 0.387.